The molecule has 0 bridgehead atoms. The number of carbonyl (C=O) groups is 2. The first-order valence-corrected chi connectivity index (χ1v) is 7.03. The fourth-order valence-electron chi connectivity index (χ4n) is 1.30. The van der Waals surface area contributed by atoms with E-state index in [4.69, 9.17) is 22.1 Å². The van der Waals surface area contributed by atoms with Crippen LogP contribution >= 0.6 is 23.4 Å². The van der Waals surface area contributed by atoms with Gasteiger partial charge in [-0.05, 0) is 18.2 Å². The number of carbonyl (C=O) groups excluding carboxylic acids is 2. The maximum atomic E-state index is 11.6. The van der Waals surface area contributed by atoms with Gasteiger partial charge in [-0.3, -0.25) is 9.59 Å². The predicted molar refractivity (Wildman–Crippen MR) is 77.8 cm³/mol. The van der Waals surface area contributed by atoms with Gasteiger partial charge in [0.2, 0.25) is 11.8 Å². The molecule has 1 aromatic carbocycles. The molecule has 19 heavy (non-hydrogen) atoms. The average molecular weight is 303 g/mol. The van der Waals surface area contributed by atoms with Crippen molar-refractivity contribution in [3.05, 3.63) is 28.8 Å². The minimum atomic E-state index is -0.629. The molecular weight excluding hydrogens is 288 g/mol. The molecule has 0 atom stereocenters. The number of amides is 2. The molecular formula is C12H15ClN2O3S. The van der Waals surface area contributed by atoms with Crippen molar-refractivity contribution < 1.29 is 14.3 Å². The van der Waals surface area contributed by atoms with Gasteiger partial charge in [0.15, 0.2) is 0 Å². The third kappa shape index (κ3) is 5.50. The van der Waals surface area contributed by atoms with E-state index in [0.717, 1.165) is 5.75 Å². The first-order chi connectivity index (χ1) is 9.04. The molecule has 2 amide bonds. The number of thioether (sulfide) groups is 1. The van der Waals surface area contributed by atoms with Crippen LogP contribution in [0.15, 0.2) is 18.2 Å². The zero-order chi connectivity index (χ0) is 14.3. The molecule has 0 saturated heterocycles. The molecule has 1 rings (SSSR count). The minimum Gasteiger partial charge on any atom is -0.384 e. The smallest absolute Gasteiger partial charge is 0.250 e. The van der Waals surface area contributed by atoms with Crippen molar-refractivity contribution in [2.45, 2.75) is 0 Å². The van der Waals surface area contributed by atoms with Crippen molar-refractivity contribution in [2.75, 3.05) is 30.5 Å². The van der Waals surface area contributed by atoms with Gasteiger partial charge in [-0.15, -0.1) is 11.8 Å². The Hall–Kier alpha value is -1.24. The molecule has 1 aromatic rings. The zero-order valence-electron chi connectivity index (χ0n) is 10.4. The molecule has 0 aliphatic heterocycles. The van der Waals surface area contributed by atoms with E-state index in [0.29, 0.717) is 18.0 Å². The number of ether oxygens (including phenoxy) is 1. The van der Waals surface area contributed by atoms with Gasteiger partial charge in [-0.2, -0.15) is 0 Å². The van der Waals surface area contributed by atoms with Gasteiger partial charge in [0.05, 0.1) is 22.9 Å². The standard InChI is InChI=1S/C12H15ClN2O3S/c1-18-4-5-19-7-11(16)15-8-2-3-10(13)9(6-8)12(14)17/h2-3,6H,4-5,7H2,1H3,(H2,14,17)(H,15,16). The van der Waals surface area contributed by atoms with Gasteiger partial charge in [0.1, 0.15) is 0 Å². The third-order valence-electron chi connectivity index (χ3n) is 2.18. The fraction of sp³-hybridized carbons (Fsp3) is 0.333. The van der Waals surface area contributed by atoms with Crippen LogP contribution in [0.3, 0.4) is 0 Å². The third-order valence-corrected chi connectivity index (χ3v) is 3.43. The molecule has 104 valence electrons. The SMILES string of the molecule is COCCSCC(=O)Nc1ccc(Cl)c(C(N)=O)c1. The number of benzene rings is 1. The van der Waals surface area contributed by atoms with E-state index in [9.17, 15) is 9.59 Å². The molecule has 0 unspecified atom stereocenters. The maximum Gasteiger partial charge on any atom is 0.250 e. The van der Waals surface area contributed by atoms with Crippen molar-refractivity contribution in [2.24, 2.45) is 5.73 Å². The molecule has 0 spiro atoms. The second-order valence-electron chi connectivity index (χ2n) is 3.65. The number of primary amides is 1. The summed E-state index contributed by atoms with van der Waals surface area (Å²) in [7, 11) is 1.61. The highest BCUT2D eigenvalue weighted by Crippen LogP contribution is 2.20. The topological polar surface area (TPSA) is 81.4 Å². The molecule has 7 heteroatoms. The monoisotopic (exact) mass is 302 g/mol. The number of nitrogens with one attached hydrogen (secondary N) is 1. The van der Waals surface area contributed by atoms with Crippen LogP contribution in [0.4, 0.5) is 5.69 Å². The van der Waals surface area contributed by atoms with Crippen LogP contribution in [-0.2, 0) is 9.53 Å². The summed E-state index contributed by atoms with van der Waals surface area (Å²) in [6.45, 7) is 0.602. The van der Waals surface area contributed by atoms with Crippen molar-refractivity contribution in [1.82, 2.24) is 0 Å². The highest BCUT2D eigenvalue weighted by atomic mass is 35.5. The van der Waals surface area contributed by atoms with Crippen molar-refractivity contribution in [3.63, 3.8) is 0 Å². The van der Waals surface area contributed by atoms with E-state index in [2.05, 4.69) is 5.32 Å². The van der Waals surface area contributed by atoms with Crippen LogP contribution in [0.25, 0.3) is 0 Å². The van der Waals surface area contributed by atoms with Crippen molar-refractivity contribution in [3.8, 4) is 0 Å². The Bertz CT molecular complexity index is 468. The lowest BCUT2D eigenvalue weighted by Gasteiger charge is -2.07. The van der Waals surface area contributed by atoms with E-state index in [1.54, 1.807) is 13.2 Å². The Morgan fingerprint density at radius 3 is 2.84 bits per heavy atom. The van der Waals surface area contributed by atoms with Gasteiger partial charge in [-0.25, -0.2) is 0 Å². The van der Waals surface area contributed by atoms with Crippen LogP contribution in [0.5, 0.6) is 0 Å². The molecule has 0 aliphatic rings. The van der Waals surface area contributed by atoms with E-state index < -0.39 is 5.91 Å². The maximum absolute atomic E-state index is 11.6. The lowest BCUT2D eigenvalue weighted by Crippen LogP contribution is -2.16. The van der Waals surface area contributed by atoms with Gasteiger partial charge >= 0.3 is 0 Å². The number of halogens is 1. The summed E-state index contributed by atoms with van der Waals surface area (Å²) >= 11 is 7.28. The quantitative estimate of drug-likeness (QED) is 0.752. The van der Waals surface area contributed by atoms with Gasteiger partial charge in [0, 0.05) is 18.6 Å². The summed E-state index contributed by atoms with van der Waals surface area (Å²) < 4.78 is 4.88. The van der Waals surface area contributed by atoms with Crippen LogP contribution in [-0.4, -0.2) is 37.0 Å². The summed E-state index contributed by atoms with van der Waals surface area (Å²) in [4.78, 5) is 22.7. The highest BCUT2D eigenvalue weighted by Gasteiger charge is 2.09. The molecule has 0 aromatic heterocycles. The molecule has 3 N–H and O–H groups in total. The number of methoxy groups -OCH3 is 1. The largest absolute Gasteiger partial charge is 0.384 e. The van der Waals surface area contributed by atoms with Crippen LogP contribution in [0.2, 0.25) is 5.02 Å². The van der Waals surface area contributed by atoms with Crippen LogP contribution in [0, 0.1) is 0 Å². The van der Waals surface area contributed by atoms with Crippen LogP contribution in [0.1, 0.15) is 10.4 Å². The van der Waals surface area contributed by atoms with E-state index in [-0.39, 0.29) is 16.5 Å². The molecule has 0 saturated carbocycles. The van der Waals surface area contributed by atoms with Crippen LogP contribution < -0.4 is 11.1 Å². The Morgan fingerprint density at radius 2 is 2.21 bits per heavy atom. The average Bonchev–Trinajstić information content (AvgIpc) is 2.36. The molecule has 0 heterocycles. The summed E-state index contributed by atoms with van der Waals surface area (Å²) in [6, 6.07) is 4.60. The highest BCUT2D eigenvalue weighted by molar-refractivity contribution is 7.99. The molecule has 0 fully saturated rings. The first kappa shape index (κ1) is 15.8. The summed E-state index contributed by atoms with van der Waals surface area (Å²) in [6.07, 6.45) is 0. The number of hydrogen-bond donors (Lipinski definition) is 2. The van der Waals surface area contributed by atoms with Gasteiger partial charge in [0.25, 0.3) is 0 Å². The summed E-state index contributed by atoms with van der Waals surface area (Å²) in [5.41, 5.74) is 5.86. The van der Waals surface area contributed by atoms with E-state index >= 15 is 0 Å². The number of hydrogen-bond acceptors (Lipinski definition) is 4. The molecule has 5 nitrogen and oxygen atoms in total. The zero-order valence-corrected chi connectivity index (χ0v) is 12.0. The predicted octanol–water partition coefficient (Wildman–Crippen LogP) is 1.76. The first-order valence-electron chi connectivity index (χ1n) is 5.50. The van der Waals surface area contributed by atoms with Crippen molar-refractivity contribution >= 4 is 40.9 Å². The second-order valence-corrected chi connectivity index (χ2v) is 5.16. The van der Waals surface area contributed by atoms with Gasteiger partial charge in [-0.1, -0.05) is 11.6 Å². The summed E-state index contributed by atoms with van der Waals surface area (Å²) in [5.74, 6) is 0.281. The molecule has 0 radical (unpaired) electrons. The fourth-order valence-corrected chi connectivity index (χ4v) is 2.19. The number of rotatable bonds is 7. The lowest BCUT2D eigenvalue weighted by molar-refractivity contribution is -0.113. The minimum absolute atomic E-state index is 0.154. The Balaban J connectivity index is 2.55. The van der Waals surface area contributed by atoms with E-state index in [1.165, 1.54) is 23.9 Å². The summed E-state index contributed by atoms with van der Waals surface area (Å²) in [5, 5.41) is 2.94. The van der Waals surface area contributed by atoms with Crippen molar-refractivity contribution in [1.29, 1.82) is 0 Å². The Morgan fingerprint density at radius 1 is 1.47 bits per heavy atom. The Labute approximate surface area is 120 Å². The molecule has 0 aliphatic carbocycles. The number of anilines is 1. The van der Waals surface area contributed by atoms with E-state index in [1.807, 2.05) is 0 Å². The Kier molecular flexibility index (Phi) is 6.69. The normalized spacial score (nSPS) is 10.2. The lowest BCUT2D eigenvalue weighted by atomic mass is 10.2. The van der Waals surface area contributed by atoms with Gasteiger partial charge < -0.3 is 15.8 Å². The number of nitrogens with two attached hydrogens (primary N) is 1. The second kappa shape index (κ2) is 8.04.